The van der Waals surface area contributed by atoms with Gasteiger partial charge in [0.25, 0.3) is 0 Å². The van der Waals surface area contributed by atoms with Crippen molar-refractivity contribution in [2.24, 2.45) is 0 Å². The molecule has 0 saturated carbocycles. The SMILES string of the molecule is CCC(=O)N(CCOC)CC(=O)Nc1nc(-c2ccccc2)cn1-c1ccc(OC)cc1. The van der Waals surface area contributed by atoms with Crippen LogP contribution in [0.1, 0.15) is 13.3 Å². The zero-order chi connectivity index (χ0) is 22.9. The highest BCUT2D eigenvalue weighted by molar-refractivity contribution is 5.93. The summed E-state index contributed by atoms with van der Waals surface area (Å²) in [5.41, 5.74) is 2.47. The molecule has 2 aromatic carbocycles. The van der Waals surface area contributed by atoms with E-state index >= 15 is 0 Å². The van der Waals surface area contributed by atoms with Crippen LogP contribution < -0.4 is 10.1 Å². The molecule has 0 unspecified atom stereocenters. The Labute approximate surface area is 187 Å². The third kappa shape index (κ3) is 5.73. The first-order valence-electron chi connectivity index (χ1n) is 10.4. The minimum atomic E-state index is -0.331. The van der Waals surface area contributed by atoms with Gasteiger partial charge in [-0.15, -0.1) is 0 Å². The van der Waals surface area contributed by atoms with Crippen LogP contribution in [0.5, 0.6) is 5.75 Å². The van der Waals surface area contributed by atoms with E-state index in [9.17, 15) is 9.59 Å². The Kier molecular flexibility index (Phi) is 7.99. The molecular weight excluding hydrogens is 408 g/mol. The number of carbonyl (C=O) groups is 2. The van der Waals surface area contributed by atoms with Gasteiger partial charge in [-0.3, -0.25) is 19.5 Å². The van der Waals surface area contributed by atoms with Crippen LogP contribution in [0, 0.1) is 0 Å². The summed E-state index contributed by atoms with van der Waals surface area (Å²) in [5, 5.41) is 2.86. The van der Waals surface area contributed by atoms with E-state index in [2.05, 4.69) is 10.3 Å². The molecular formula is C24H28N4O4. The highest BCUT2D eigenvalue weighted by Gasteiger charge is 2.18. The van der Waals surface area contributed by atoms with Crippen LogP contribution in [0.4, 0.5) is 5.95 Å². The topological polar surface area (TPSA) is 85.7 Å². The van der Waals surface area contributed by atoms with E-state index in [1.54, 1.807) is 25.7 Å². The molecule has 168 valence electrons. The first kappa shape index (κ1) is 23.0. The molecule has 0 aliphatic rings. The Morgan fingerprint density at radius 2 is 1.78 bits per heavy atom. The van der Waals surface area contributed by atoms with Crippen molar-refractivity contribution in [3.63, 3.8) is 0 Å². The van der Waals surface area contributed by atoms with Gasteiger partial charge in [0.1, 0.15) is 12.3 Å². The smallest absolute Gasteiger partial charge is 0.246 e. The van der Waals surface area contributed by atoms with Gasteiger partial charge in [-0.2, -0.15) is 0 Å². The zero-order valence-corrected chi connectivity index (χ0v) is 18.6. The fourth-order valence-corrected chi connectivity index (χ4v) is 3.21. The number of rotatable bonds is 10. The third-order valence-electron chi connectivity index (χ3n) is 4.93. The Hall–Kier alpha value is -3.65. The normalized spacial score (nSPS) is 10.6. The number of hydrogen-bond acceptors (Lipinski definition) is 5. The van der Waals surface area contributed by atoms with Gasteiger partial charge in [0.2, 0.25) is 17.8 Å². The molecule has 0 spiro atoms. The summed E-state index contributed by atoms with van der Waals surface area (Å²) in [6, 6.07) is 17.2. The lowest BCUT2D eigenvalue weighted by Crippen LogP contribution is -2.39. The number of carbonyl (C=O) groups excluding carboxylic acids is 2. The Morgan fingerprint density at radius 1 is 1.06 bits per heavy atom. The minimum Gasteiger partial charge on any atom is -0.497 e. The summed E-state index contributed by atoms with van der Waals surface area (Å²) in [4.78, 5) is 31.1. The summed E-state index contributed by atoms with van der Waals surface area (Å²) >= 11 is 0. The molecule has 1 N–H and O–H groups in total. The molecule has 1 heterocycles. The van der Waals surface area contributed by atoms with Crippen LogP contribution in [0.25, 0.3) is 16.9 Å². The van der Waals surface area contributed by atoms with E-state index < -0.39 is 0 Å². The lowest BCUT2D eigenvalue weighted by atomic mass is 10.2. The predicted molar refractivity (Wildman–Crippen MR) is 123 cm³/mol. The number of amides is 2. The van der Waals surface area contributed by atoms with Crippen molar-refractivity contribution < 1.29 is 19.1 Å². The van der Waals surface area contributed by atoms with Gasteiger partial charge in [0.15, 0.2) is 0 Å². The first-order valence-corrected chi connectivity index (χ1v) is 10.4. The number of nitrogens with one attached hydrogen (secondary N) is 1. The molecule has 3 rings (SSSR count). The number of benzene rings is 2. The second-order valence-electron chi connectivity index (χ2n) is 7.09. The Balaban J connectivity index is 1.88. The van der Waals surface area contributed by atoms with Crippen molar-refractivity contribution in [2.75, 3.05) is 39.2 Å². The van der Waals surface area contributed by atoms with Crippen LogP contribution >= 0.6 is 0 Å². The van der Waals surface area contributed by atoms with Gasteiger partial charge in [-0.1, -0.05) is 37.3 Å². The standard InChI is InChI=1S/C24H28N4O4/c1-4-23(30)27(14-15-31-2)17-22(29)26-24-25-21(18-8-6-5-7-9-18)16-28(24)19-10-12-20(32-3)13-11-19/h5-13,16H,4,14-15,17H2,1-3H3,(H,25,26,29). The van der Waals surface area contributed by atoms with Crippen molar-refractivity contribution in [1.29, 1.82) is 0 Å². The minimum absolute atomic E-state index is 0.0772. The second kappa shape index (κ2) is 11.1. The summed E-state index contributed by atoms with van der Waals surface area (Å²) in [6.07, 6.45) is 2.18. The number of methoxy groups -OCH3 is 2. The van der Waals surface area contributed by atoms with Crippen LogP contribution in [-0.2, 0) is 14.3 Å². The zero-order valence-electron chi connectivity index (χ0n) is 18.6. The summed E-state index contributed by atoms with van der Waals surface area (Å²) < 4.78 is 12.1. The van der Waals surface area contributed by atoms with E-state index in [0.29, 0.717) is 25.5 Å². The molecule has 0 bridgehead atoms. The van der Waals surface area contributed by atoms with Crippen molar-refractivity contribution in [3.05, 3.63) is 60.8 Å². The molecule has 2 amide bonds. The van der Waals surface area contributed by atoms with Gasteiger partial charge in [-0.05, 0) is 24.3 Å². The maximum absolute atomic E-state index is 12.8. The van der Waals surface area contributed by atoms with Crippen molar-refractivity contribution in [3.8, 4) is 22.7 Å². The van der Waals surface area contributed by atoms with E-state index in [1.165, 1.54) is 4.90 Å². The number of hydrogen-bond donors (Lipinski definition) is 1. The van der Waals surface area contributed by atoms with Crippen molar-refractivity contribution in [1.82, 2.24) is 14.5 Å². The van der Waals surface area contributed by atoms with Gasteiger partial charge in [-0.25, -0.2) is 4.98 Å². The fourth-order valence-electron chi connectivity index (χ4n) is 3.21. The van der Waals surface area contributed by atoms with Gasteiger partial charge < -0.3 is 14.4 Å². The number of nitrogens with zero attached hydrogens (tertiary/aromatic N) is 3. The van der Waals surface area contributed by atoms with E-state index in [-0.39, 0.29) is 18.4 Å². The number of aromatic nitrogens is 2. The molecule has 8 nitrogen and oxygen atoms in total. The van der Waals surface area contributed by atoms with Crippen LogP contribution in [0.2, 0.25) is 0 Å². The monoisotopic (exact) mass is 436 g/mol. The van der Waals surface area contributed by atoms with Gasteiger partial charge >= 0.3 is 0 Å². The predicted octanol–water partition coefficient (Wildman–Crippen LogP) is 3.37. The number of anilines is 1. The molecule has 8 heteroatoms. The lowest BCUT2D eigenvalue weighted by Gasteiger charge is -2.21. The van der Waals surface area contributed by atoms with Crippen LogP contribution in [0.15, 0.2) is 60.8 Å². The molecule has 0 radical (unpaired) electrons. The average Bonchev–Trinajstić information content (AvgIpc) is 3.25. The molecule has 0 aliphatic carbocycles. The van der Waals surface area contributed by atoms with Crippen LogP contribution in [0.3, 0.4) is 0 Å². The molecule has 0 saturated heterocycles. The molecule has 32 heavy (non-hydrogen) atoms. The molecule has 0 aliphatic heterocycles. The van der Waals surface area contributed by atoms with Crippen molar-refractivity contribution >= 4 is 17.8 Å². The van der Waals surface area contributed by atoms with Crippen molar-refractivity contribution in [2.45, 2.75) is 13.3 Å². The largest absolute Gasteiger partial charge is 0.497 e. The summed E-state index contributed by atoms with van der Waals surface area (Å²) in [6.45, 7) is 2.39. The van der Waals surface area contributed by atoms with Crippen LogP contribution in [-0.4, -0.2) is 60.2 Å². The molecule has 0 fully saturated rings. The fraction of sp³-hybridized carbons (Fsp3) is 0.292. The molecule has 3 aromatic rings. The van der Waals surface area contributed by atoms with E-state index in [0.717, 1.165) is 22.7 Å². The Bertz CT molecular complexity index is 1030. The Morgan fingerprint density at radius 3 is 2.41 bits per heavy atom. The molecule has 0 atom stereocenters. The maximum atomic E-state index is 12.8. The van der Waals surface area contributed by atoms with E-state index in [4.69, 9.17) is 9.47 Å². The lowest BCUT2D eigenvalue weighted by molar-refractivity contribution is -0.135. The second-order valence-corrected chi connectivity index (χ2v) is 7.09. The highest BCUT2D eigenvalue weighted by Crippen LogP contribution is 2.25. The average molecular weight is 437 g/mol. The maximum Gasteiger partial charge on any atom is 0.246 e. The third-order valence-corrected chi connectivity index (χ3v) is 4.93. The van der Waals surface area contributed by atoms with Gasteiger partial charge in [0, 0.05) is 37.5 Å². The van der Waals surface area contributed by atoms with Gasteiger partial charge in [0.05, 0.1) is 19.4 Å². The molecule has 1 aromatic heterocycles. The summed E-state index contributed by atoms with van der Waals surface area (Å²) in [5.74, 6) is 0.660. The first-order chi connectivity index (χ1) is 15.5. The summed E-state index contributed by atoms with van der Waals surface area (Å²) in [7, 11) is 3.17. The van der Waals surface area contributed by atoms with E-state index in [1.807, 2.05) is 60.8 Å². The number of imidazole rings is 1. The highest BCUT2D eigenvalue weighted by atomic mass is 16.5. The number of ether oxygens (including phenoxy) is 2. The quantitative estimate of drug-likeness (QED) is 0.527.